The molecule has 2 rings (SSSR count). The monoisotopic (exact) mass is 321 g/mol. The van der Waals surface area contributed by atoms with E-state index in [-0.39, 0.29) is 23.2 Å². The van der Waals surface area contributed by atoms with Crippen molar-refractivity contribution < 1.29 is 19.2 Å². The number of hydrogen-bond acceptors (Lipinski definition) is 5. The van der Waals surface area contributed by atoms with E-state index in [1.807, 2.05) is 0 Å². The molecule has 0 heterocycles. The van der Waals surface area contributed by atoms with Crippen molar-refractivity contribution in [2.45, 2.75) is 38.1 Å². The van der Waals surface area contributed by atoms with Crippen molar-refractivity contribution in [1.82, 2.24) is 5.32 Å². The molecular weight excluding hydrogens is 302 g/mol. The fraction of sp³-hybridized carbons (Fsp3) is 0.467. The number of amides is 2. The Morgan fingerprint density at radius 2 is 1.91 bits per heavy atom. The van der Waals surface area contributed by atoms with Gasteiger partial charge in [-0.25, -0.2) is 0 Å². The number of anilines is 1. The van der Waals surface area contributed by atoms with Gasteiger partial charge >= 0.3 is 11.8 Å². The van der Waals surface area contributed by atoms with Gasteiger partial charge < -0.3 is 15.4 Å². The first kappa shape index (κ1) is 16.7. The van der Waals surface area contributed by atoms with Crippen LogP contribution in [0.3, 0.4) is 0 Å². The van der Waals surface area contributed by atoms with Crippen LogP contribution in [-0.2, 0) is 9.59 Å². The van der Waals surface area contributed by atoms with Crippen LogP contribution in [-0.4, -0.2) is 29.9 Å². The summed E-state index contributed by atoms with van der Waals surface area (Å²) in [6.45, 7) is 0. The molecule has 0 saturated heterocycles. The van der Waals surface area contributed by atoms with E-state index in [0.29, 0.717) is 0 Å². The van der Waals surface area contributed by atoms with Crippen LogP contribution in [0.25, 0.3) is 0 Å². The molecule has 2 amide bonds. The first-order valence-electron chi connectivity index (χ1n) is 7.45. The first-order valence-corrected chi connectivity index (χ1v) is 7.45. The van der Waals surface area contributed by atoms with Gasteiger partial charge in [-0.2, -0.15) is 0 Å². The van der Waals surface area contributed by atoms with E-state index in [2.05, 4.69) is 10.6 Å². The van der Waals surface area contributed by atoms with Crippen LogP contribution in [0.4, 0.5) is 11.4 Å². The number of nitro groups is 1. The molecule has 0 bridgehead atoms. The average molecular weight is 321 g/mol. The van der Waals surface area contributed by atoms with Crippen molar-refractivity contribution in [2.75, 3.05) is 12.4 Å². The highest BCUT2D eigenvalue weighted by Crippen LogP contribution is 2.28. The summed E-state index contributed by atoms with van der Waals surface area (Å²) in [6.07, 6.45) is 4.99. The largest absolute Gasteiger partial charge is 0.494 e. The molecule has 1 fully saturated rings. The van der Waals surface area contributed by atoms with Gasteiger partial charge in [0, 0.05) is 12.1 Å². The molecule has 0 aromatic heterocycles. The molecule has 0 radical (unpaired) electrons. The lowest BCUT2D eigenvalue weighted by molar-refractivity contribution is -0.384. The number of rotatable bonds is 4. The quantitative estimate of drug-likeness (QED) is 0.500. The van der Waals surface area contributed by atoms with E-state index in [1.54, 1.807) is 0 Å². The summed E-state index contributed by atoms with van der Waals surface area (Å²) in [5.41, 5.74) is 0.0494. The number of carbonyl (C=O) groups is 2. The molecule has 1 aliphatic carbocycles. The number of nitrogens with one attached hydrogen (secondary N) is 2. The first-order chi connectivity index (χ1) is 11.0. The summed E-state index contributed by atoms with van der Waals surface area (Å²) in [4.78, 5) is 34.0. The minimum Gasteiger partial charge on any atom is -0.494 e. The minimum atomic E-state index is -0.817. The zero-order valence-electron chi connectivity index (χ0n) is 12.8. The van der Waals surface area contributed by atoms with E-state index in [1.165, 1.54) is 25.3 Å². The van der Waals surface area contributed by atoms with Crippen molar-refractivity contribution in [3.8, 4) is 5.75 Å². The molecule has 1 aliphatic rings. The summed E-state index contributed by atoms with van der Waals surface area (Å²) in [5.74, 6) is -1.40. The molecule has 0 atom stereocenters. The highest BCUT2D eigenvalue weighted by atomic mass is 16.6. The number of hydrogen-bond donors (Lipinski definition) is 2. The normalized spacial score (nSPS) is 14.8. The number of ether oxygens (including phenoxy) is 1. The van der Waals surface area contributed by atoms with Gasteiger partial charge in [0.1, 0.15) is 5.75 Å². The Hall–Kier alpha value is -2.64. The van der Waals surface area contributed by atoms with Crippen molar-refractivity contribution in [3.63, 3.8) is 0 Å². The maximum atomic E-state index is 12.0. The Morgan fingerprint density at radius 1 is 1.22 bits per heavy atom. The second-order valence-electron chi connectivity index (χ2n) is 5.40. The molecule has 1 aromatic carbocycles. The third kappa shape index (κ3) is 4.41. The topological polar surface area (TPSA) is 111 Å². The van der Waals surface area contributed by atoms with Crippen molar-refractivity contribution >= 4 is 23.2 Å². The predicted molar refractivity (Wildman–Crippen MR) is 83.3 cm³/mol. The Morgan fingerprint density at radius 3 is 2.52 bits per heavy atom. The number of carbonyl (C=O) groups excluding carboxylic acids is 2. The van der Waals surface area contributed by atoms with Gasteiger partial charge in [0.15, 0.2) is 0 Å². The lowest BCUT2D eigenvalue weighted by atomic mass is 9.95. The maximum absolute atomic E-state index is 12.0. The molecule has 8 heteroatoms. The third-order valence-corrected chi connectivity index (χ3v) is 3.79. The highest BCUT2D eigenvalue weighted by molar-refractivity contribution is 6.39. The molecule has 0 unspecified atom stereocenters. The van der Waals surface area contributed by atoms with Crippen LogP contribution < -0.4 is 15.4 Å². The van der Waals surface area contributed by atoms with E-state index in [0.717, 1.165) is 32.1 Å². The van der Waals surface area contributed by atoms with Gasteiger partial charge in [0.25, 0.3) is 5.69 Å². The summed E-state index contributed by atoms with van der Waals surface area (Å²) < 4.78 is 5.02. The molecule has 2 N–H and O–H groups in total. The number of methoxy groups -OCH3 is 1. The lowest BCUT2D eigenvalue weighted by Crippen LogP contribution is -2.42. The van der Waals surface area contributed by atoms with Gasteiger partial charge in [0.2, 0.25) is 0 Å². The van der Waals surface area contributed by atoms with Crippen molar-refractivity contribution in [1.29, 1.82) is 0 Å². The number of nitro benzene ring substituents is 1. The number of non-ortho nitro benzene ring substituents is 1. The fourth-order valence-electron chi connectivity index (χ4n) is 2.57. The number of benzene rings is 1. The van der Waals surface area contributed by atoms with E-state index in [9.17, 15) is 19.7 Å². The summed E-state index contributed by atoms with van der Waals surface area (Å²) >= 11 is 0. The van der Waals surface area contributed by atoms with Crippen LogP contribution in [0.5, 0.6) is 5.75 Å². The minimum absolute atomic E-state index is 0.0285. The van der Waals surface area contributed by atoms with Crippen LogP contribution >= 0.6 is 0 Å². The van der Waals surface area contributed by atoms with Crippen molar-refractivity contribution in [2.24, 2.45) is 0 Å². The second-order valence-corrected chi connectivity index (χ2v) is 5.40. The zero-order chi connectivity index (χ0) is 16.8. The number of nitrogens with zero attached hydrogens (tertiary/aromatic N) is 1. The Labute approximate surface area is 133 Å². The molecule has 0 aliphatic heterocycles. The van der Waals surface area contributed by atoms with E-state index >= 15 is 0 Å². The Kier molecular flexibility index (Phi) is 5.51. The van der Waals surface area contributed by atoms with Crippen molar-refractivity contribution in [3.05, 3.63) is 28.3 Å². The smallest absolute Gasteiger partial charge is 0.313 e. The standard InChI is InChI=1S/C15H19N3O5/c1-23-13-9-11(18(21)22)7-8-12(13)17-15(20)14(19)16-10-5-3-2-4-6-10/h7-10H,2-6H2,1H3,(H,16,19)(H,17,20). The highest BCUT2D eigenvalue weighted by Gasteiger charge is 2.22. The van der Waals surface area contributed by atoms with Gasteiger partial charge in [-0.1, -0.05) is 19.3 Å². The SMILES string of the molecule is COc1cc([N+](=O)[O-])ccc1NC(=O)C(=O)NC1CCCCC1. The van der Waals surface area contributed by atoms with Gasteiger partial charge in [-0.3, -0.25) is 19.7 Å². The Bertz CT molecular complexity index is 611. The third-order valence-electron chi connectivity index (χ3n) is 3.79. The molecule has 0 spiro atoms. The Balaban J connectivity index is 2.01. The molecule has 1 saturated carbocycles. The van der Waals surface area contributed by atoms with Crippen LogP contribution in [0.1, 0.15) is 32.1 Å². The molecule has 1 aromatic rings. The fourth-order valence-corrected chi connectivity index (χ4v) is 2.57. The van der Waals surface area contributed by atoms with E-state index < -0.39 is 16.7 Å². The summed E-state index contributed by atoms with van der Waals surface area (Å²) in [7, 11) is 1.33. The average Bonchev–Trinajstić information content (AvgIpc) is 2.55. The zero-order valence-corrected chi connectivity index (χ0v) is 12.8. The van der Waals surface area contributed by atoms with E-state index in [4.69, 9.17) is 4.74 Å². The molecule has 124 valence electrons. The summed E-state index contributed by atoms with van der Waals surface area (Å²) in [6, 6.07) is 3.79. The van der Waals surface area contributed by atoms with Crippen LogP contribution in [0.15, 0.2) is 18.2 Å². The second kappa shape index (κ2) is 7.57. The van der Waals surface area contributed by atoms with Gasteiger partial charge in [0.05, 0.1) is 23.8 Å². The summed E-state index contributed by atoms with van der Waals surface area (Å²) in [5, 5.41) is 15.9. The molecule has 8 nitrogen and oxygen atoms in total. The molecular formula is C15H19N3O5. The lowest BCUT2D eigenvalue weighted by Gasteiger charge is -2.22. The van der Waals surface area contributed by atoms with Crippen LogP contribution in [0.2, 0.25) is 0 Å². The maximum Gasteiger partial charge on any atom is 0.313 e. The predicted octanol–water partition coefficient (Wildman–Crippen LogP) is 1.99. The van der Waals surface area contributed by atoms with Gasteiger partial charge in [-0.05, 0) is 18.9 Å². The van der Waals surface area contributed by atoms with Crippen LogP contribution in [0, 0.1) is 10.1 Å². The molecule has 23 heavy (non-hydrogen) atoms. The van der Waals surface area contributed by atoms with Gasteiger partial charge in [-0.15, -0.1) is 0 Å².